The number of allylic oxidation sites excluding steroid dienone is 2. The molecule has 3 N–H and O–H groups in total. The van der Waals surface area contributed by atoms with Crippen LogP contribution in [0, 0.1) is 28.1 Å². The first-order chi connectivity index (χ1) is 26.0. The maximum Gasteiger partial charge on any atom is 0.227 e. The summed E-state index contributed by atoms with van der Waals surface area (Å²) in [5.74, 6) is 0.281. The Morgan fingerprint density at radius 1 is 1.07 bits per heavy atom. The number of aliphatic hydroxyl groups is 1. The number of hydrogen-bond donors (Lipinski definition) is 3. The zero-order valence-electron chi connectivity index (χ0n) is 32.8. The van der Waals surface area contributed by atoms with Gasteiger partial charge in [-0.3, -0.25) is 4.79 Å². The predicted molar refractivity (Wildman–Crippen MR) is 224 cm³/mol. The summed E-state index contributed by atoms with van der Waals surface area (Å²) in [6.45, 7) is 13.8. The van der Waals surface area contributed by atoms with Crippen LogP contribution in [-0.4, -0.2) is 87.2 Å². The van der Waals surface area contributed by atoms with E-state index >= 15 is 0 Å². The van der Waals surface area contributed by atoms with E-state index < -0.39 is 6.10 Å². The van der Waals surface area contributed by atoms with Gasteiger partial charge >= 0.3 is 0 Å². The second-order valence-electron chi connectivity index (χ2n) is 15.6. The van der Waals surface area contributed by atoms with E-state index in [1.165, 1.54) is 10.5 Å². The molecule has 1 aromatic rings. The molecular weight excluding hydrogens is 817 g/mol. The first-order valence-electron chi connectivity index (χ1n) is 19.5. The lowest BCUT2D eigenvalue weighted by atomic mass is 9.82. The number of amides is 1. The number of thioether (sulfide) groups is 1. The van der Waals surface area contributed by atoms with E-state index in [2.05, 4.69) is 90.6 Å². The molecule has 3 aliphatic rings. The van der Waals surface area contributed by atoms with Crippen molar-refractivity contribution in [3.8, 4) is 11.8 Å². The van der Waals surface area contributed by atoms with E-state index in [0.717, 1.165) is 73.9 Å². The van der Waals surface area contributed by atoms with Crippen LogP contribution in [0.1, 0.15) is 90.2 Å². The summed E-state index contributed by atoms with van der Waals surface area (Å²) in [5.41, 5.74) is 4.19. The van der Waals surface area contributed by atoms with Crippen LogP contribution in [0.5, 0.6) is 5.75 Å². The molecule has 1 aromatic carbocycles. The fourth-order valence-corrected chi connectivity index (χ4v) is 7.97. The monoisotopic (exact) mass is 879 g/mol. The zero-order chi connectivity index (χ0) is 38.8. The molecule has 1 heterocycles. The number of aliphatic hydroxyl groups excluding tert-OH is 1. The lowest BCUT2D eigenvalue weighted by molar-refractivity contribution is -0.124. The number of nitrogens with one attached hydrogen (secondary N) is 2. The van der Waals surface area contributed by atoms with Crippen LogP contribution in [-0.2, 0) is 30.3 Å². The van der Waals surface area contributed by atoms with Crippen molar-refractivity contribution < 1.29 is 33.6 Å². The van der Waals surface area contributed by atoms with Crippen molar-refractivity contribution in [3.63, 3.8) is 0 Å². The van der Waals surface area contributed by atoms with Crippen LogP contribution >= 0.6 is 34.4 Å². The van der Waals surface area contributed by atoms with Crippen molar-refractivity contribution in [3.05, 3.63) is 58.0 Å². The van der Waals surface area contributed by atoms with Gasteiger partial charge in [-0.05, 0) is 80.7 Å². The number of rotatable bonds is 25. The predicted octanol–water partition coefficient (Wildman–Crippen LogP) is 7.70. The van der Waals surface area contributed by atoms with Crippen molar-refractivity contribution >= 4 is 45.2 Å². The molecule has 1 fully saturated rings. The summed E-state index contributed by atoms with van der Waals surface area (Å²) >= 11 is 3.89. The summed E-state index contributed by atoms with van der Waals surface area (Å²) in [7, 11) is 0. The summed E-state index contributed by atoms with van der Waals surface area (Å²) in [6.07, 6.45) is 10.4. The number of halogens is 1. The van der Waals surface area contributed by atoms with Gasteiger partial charge in [-0.25, -0.2) is 0 Å². The number of ether oxygens (including phenoxy) is 5. The molecule has 3 atom stereocenters. The Morgan fingerprint density at radius 3 is 2.41 bits per heavy atom. The third-order valence-corrected chi connectivity index (χ3v) is 11.8. The lowest BCUT2D eigenvalue weighted by Gasteiger charge is -2.33. The van der Waals surface area contributed by atoms with Crippen LogP contribution in [0.15, 0.2) is 46.9 Å². The quantitative estimate of drug-likeness (QED) is 0.0389. The highest BCUT2D eigenvalue weighted by Crippen LogP contribution is 2.44. The summed E-state index contributed by atoms with van der Waals surface area (Å²) < 4.78 is 29.0. The third kappa shape index (κ3) is 15.2. The van der Waals surface area contributed by atoms with E-state index in [0.29, 0.717) is 70.4 Å². The van der Waals surface area contributed by atoms with Gasteiger partial charge in [0.1, 0.15) is 12.4 Å². The van der Waals surface area contributed by atoms with Gasteiger partial charge in [-0.15, -0.1) is 0 Å². The minimum atomic E-state index is -0.623. The topological polar surface area (TPSA) is 131 Å². The maximum atomic E-state index is 13.7. The van der Waals surface area contributed by atoms with Gasteiger partial charge in [-0.1, -0.05) is 90.6 Å². The number of carbonyl (C=O) groups is 1. The molecule has 0 spiro atoms. The maximum absolute atomic E-state index is 13.7. The standard InChI is InChI=1S/C42H62IN3O7S/c1-31-8-5-6-23-54-39(31)33-11-12-34(37(25-33)53-22-21-51-18-17-49-15-16-50-19-20-52-30-43)27-45-40(48)36-26-35(47)24-32(36)9-7-10-38(41(2,3)4)46-29-42(28-44)13-14-42/h6,11-12,23-25,35-36,38,46-47H,5,7-10,13-22,26-27,29-30H2,1-4H3,(H,45,48)/t35-,36+,38+/m0/s1. The highest BCUT2D eigenvalue weighted by Gasteiger charge is 2.43. The Hall–Kier alpha value is -1.96. The van der Waals surface area contributed by atoms with E-state index in [1.54, 1.807) is 11.8 Å². The first kappa shape index (κ1) is 44.8. The summed E-state index contributed by atoms with van der Waals surface area (Å²) in [4.78, 5) is 14.9. The van der Waals surface area contributed by atoms with Crippen molar-refractivity contribution in [2.45, 2.75) is 97.8 Å². The molecule has 0 aromatic heterocycles. The number of nitrogens with zero attached hydrogens (tertiary/aromatic N) is 1. The van der Waals surface area contributed by atoms with Gasteiger partial charge < -0.3 is 39.4 Å². The first-order valence-corrected chi connectivity index (χ1v) is 21.9. The molecule has 54 heavy (non-hydrogen) atoms. The largest absolute Gasteiger partial charge is 0.491 e. The Morgan fingerprint density at radius 2 is 1.76 bits per heavy atom. The summed E-state index contributed by atoms with van der Waals surface area (Å²) in [5, 5.41) is 29.1. The van der Waals surface area contributed by atoms with Gasteiger partial charge in [0.05, 0.1) is 74.4 Å². The molecule has 12 heteroatoms. The Kier molecular flexibility index (Phi) is 19.3. The Bertz CT molecular complexity index is 1470. The van der Waals surface area contributed by atoms with Gasteiger partial charge in [0.2, 0.25) is 5.91 Å². The van der Waals surface area contributed by atoms with Crippen LogP contribution in [0.4, 0.5) is 0 Å². The third-order valence-electron chi connectivity index (χ3n) is 10.2. The van der Waals surface area contributed by atoms with Crippen LogP contribution in [0.25, 0.3) is 4.91 Å². The number of benzene rings is 1. The number of alkyl halides is 1. The van der Waals surface area contributed by atoms with Crippen molar-refractivity contribution in [1.82, 2.24) is 10.6 Å². The van der Waals surface area contributed by atoms with Crippen LogP contribution < -0.4 is 15.4 Å². The van der Waals surface area contributed by atoms with Crippen molar-refractivity contribution in [1.29, 1.82) is 5.26 Å². The Balaban J connectivity index is 1.29. The second kappa shape index (κ2) is 23.3. The SMILES string of the molecule is CC1=C(c2ccc(CNC(=O)[C@@H]3C[C@@H](O)C=C3CCC[C@@H](NCC3(C#N)CC3)C(C)(C)C)c(OCCOCCOCCOCCOCI)c2)SC=CCC1. The highest BCUT2D eigenvalue weighted by atomic mass is 127. The molecule has 2 aliphatic carbocycles. The fraction of sp³-hybridized carbons (Fsp3) is 0.667. The normalized spacial score (nSPS) is 20.0. The van der Waals surface area contributed by atoms with E-state index in [4.69, 9.17) is 23.7 Å². The number of hydrogen-bond acceptors (Lipinski definition) is 10. The van der Waals surface area contributed by atoms with Crippen molar-refractivity contribution in [2.24, 2.45) is 16.7 Å². The Labute approximate surface area is 341 Å². The number of nitriles is 1. The molecule has 10 nitrogen and oxygen atoms in total. The molecule has 1 amide bonds. The van der Waals surface area contributed by atoms with Crippen LogP contribution in [0.2, 0.25) is 0 Å². The van der Waals surface area contributed by atoms with Crippen molar-refractivity contribution in [2.75, 3.05) is 64.0 Å². The minimum absolute atomic E-state index is 0.0436. The van der Waals surface area contributed by atoms with Gasteiger partial charge in [0, 0.05) is 29.6 Å². The average molecular weight is 880 g/mol. The average Bonchev–Trinajstić information content (AvgIpc) is 3.88. The molecule has 0 saturated heterocycles. The van der Waals surface area contributed by atoms with Gasteiger partial charge in [0.25, 0.3) is 0 Å². The number of carbonyl (C=O) groups excluding carboxylic acids is 1. The lowest BCUT2D eigenvalue weighted by Crippen LogP contribution is -2.42. The molecule has 0 radical (unpaired) electrons. The summed E-state index contributed by atoms with van der Waals surface area (Å²) in [6, 6.07) is 8.98. The fourth-order valence-electron chi connectivity index (χ4n) is 6.73. The van der Waals surface area contributed by atoms with E-state index in [-0.39, 0.29) is 28.7 Å². The highest BCUT2D eigenvalue weighted by molar-refractivity contribution is 14.1. The molecule has 1 saturated carbocycles. The van der Waals surface area contributed by atoms with E-state index in [1.807, 2.05) is 12.1 Å². The molecular formula is C42H62IN3O7S. The zero-order valence-corrected chi connectivity index (χ0v) is 35.7. The minimum Gasteiger partial charge on any atom is -0.491 e. The van der Waals surface area contributed by atoms with E-state index in [9.17, 15) is 15.2 Å². The molecule has 4 rings (SSSR count). The van der Waals surface area contributed by atoms with Gasteiger partial charge in [-0.2, -0.15) is 5.26 Å². The van der Waals surface area contributed by atoms with Crippen LogP contribution in [0.3, 0.4) is 0 Å². The smallest absolute Gasteiger partial charge is 0.227 e. The molecule has 300 valence electrons. The molecule has 0 bridgehead atoms. The second-order valence-corrected chi connectivity index (χ2v) is 17.1. The van der Waals surface area contributed by atoms with Gasteiger partial charge in [0.15, 0.2) is 0 Å². The molecule has 0 unspecified atom stereocenters. The molecule has 1 aliphatic heterocycles.